The van der Waals surface area contributed by atoms with Gasteiger partial charge >= 0.3 is 5.97 Å². The van der Waals surface area contributed by atoms with E-state index in [4.69, 9.17) is 18.9 Å². The molecule has 0 saturated heterocycles. The quantitative estimate of drug-likeness (QED) is 0.402. The number of ether oxygens (including phenoxy) is 4. The second-order valence-corrected chi connectivity index (χ2v) is 9.67. The molecule has 0 bridgehead atoms. The first-order chi connectivity index (χ1) is 17.3. The summed E-state index contributed by atoms with van der Waals surface area (Å²) in [6, 6.07) is 10.0. The van der Waals surface area contributed by atoms with E-state index in [9.17, 15) is 9.59 Å². The molecule has 4 rings (SSSR count). The van der Waals surface area contributed by atoms with E-state index in [1.54, 1.807) is 52.3 Å². The summed E-state index contributed by atoms with van der Waals surface area (Å²) in [6.45, 7) is 3.66. The van der Waals surface area contributed by atoms with Crippen LogP contribution in [-0.2, 0) is 9.53 Å². The third kappa shape index (κ3) is 4.70. The fourth-order valence-electron chi connectivity index (χ4n) is 4.06. The van der Waals surface area contributed by atoms with Crippen LogP contribution in [0.5, 0.6) is 17.2 Å². The number of benzene rings is 2. The van der Waals surface area contributed by atoms with E-state index in [0.29, 0.717) is 37.8 Å². The highest BCUT2D eigenvalue weighted by Crippen LogP contribution is 2.37. The Labute approximate surface area is 220 Å². The Hall–Kier alpha value is -3.37. The highest BCUT2D eigenvalue weighted by Gasteiger charge is 2.35. The summed E-state index contributed by atoms with van der Waals surface area (Å²) >= 11 is 4.73. The Balaban J connectivity index is 1.99. The third-order valence-electron chi connectivity index (χ3n) is 5.72. The number of esters is 1. The van der Waals surface area contributed by atoms with Crippen LogP contribution in [0.3, 0.4) is 0 Å². The van der Waals surface area contributed by atoms with Crippen molar-refractivity contribution < 1.29 is 23.7 Å². The van der Waals surface area contributed by atoms with Crippen molar-refractivity contribution in [1.29, 1.82) is 0 Å². The van der Waals surface area contributed by atoms with E-state index >= 15 is 0 Å². The molecule has 0 spiro atoms. The van der Waals surface area contributed by atoms with Crippen molar-refractivity contribution in [3.63, 3.8) is 0 Å². The number of aromatic nitrogens is 1. The van der Waals surface area contributed by atoms with E-state index in [2.05, 4.69) is 20.9 Å². The zero-order valence-electron chi connectivity index (χ0n) is 20.5. The van der Waals surface area contributed by atoms with Crippen molar-refractivity contribution in [2.24, 2.45) is 4.99 Å². The number of fused-ring (bicyclic) bond motifs is 1. The number of halogens is 1. The number of carbonyl (C=O) groups excluding carboxylic acids is 1. The average Bonchev–Trinajstić information content (AvgIpc) is 3.17. The number of rotatable bonds is 7. The van der Waals surface area contributed by atoms with Gasteiger partial charge in [-0.25, -0.2) is 9.79 Å². The fraction of sp³-hybridized carbons (Fsp3) is 0.269. The van der Waals surface area contributed by atoms with Gasteiger partial charge in [-0.3, -0.25) is 9.36 Å². The molecule has 2 aromatic carbocycles. The van der Waals surface area contributed by atoms with Crippen molar-refractivity contribution in [3.05, 3.63) is 83.0 Å². The number of nitrogens with zero attached hydrogens (tertiary/aromatic N) is 2. The van der Waals surface area contributed by atoms with Gasteiger partial charge < -0.3 is 18.9 Å². The van der Waals surface area contributed by atoms with Gasteiger partial charge in [0, 0.05) is 5.56 Å². The number of allylic oxidation sites excluding steroid dienone is 1. The minimum absolute atomic E-state index is 0.189. The lowest BCUT2D eigenvalue weighted by atomic mass is 9.94. The summed E-state index contributed by atoms with van der Waals surface area (Å²) in [5.41, 5.74) is 1.87. The number of hydrogen-bond acceptors (Lipinski definition) is 8. The number of hydrogen-bond donors (Lipinski definition) is 0. The van der Waals surface area contributed by atoms with Crippen molar-refractivity contribution in [3.8, 4) is 17.2 Å². The minimum atomic E-state index is -0.810. The molecule has 0 amide bonds. The molecule has 1 aliphatic rings. The first-order valence-corrected chi connectivity index (χ1v) is 12.7. The van der Waals surface area contributed by atoms with Crippen LogP contribution < -0.4 is 29.1 Å². The maximum absolute atomic E-state index is 13.8. The standard InChI is InChI=1S/C26H25BrN2O6S/c1-6-35-25(31)22-14(2)28-26-29(23(22)17-13-16(32-3)8-10-19(17)33-4)24(30)21(36-26)12-15-7-9-20(34-5)18(27)11-15/h7-13,23H,6H2,1-5H3/b21-12+. The van der Waals surface area contributed by atoms with Crippen molar-refractivity contribution in [2.75, 3.05) is 27.9 Å². The van der Waals surface area contributed by atoms with Crippen LogP contribution in [-0.4, -0.2) is 38.5 Å². The molecule has 1 unspecified atom stereocenters. The molecule has 8 nitrogen and oxygen atoms in total. The summed E-state index contributed by atoms with van der Waals surface area (Å²) < 4.78 is 24.5. The molecule has 36 heavy (non-hydrogen) atoms. The zero-order valence-corrected chi connectivity index (χ0v) is 22.9. The maximum Gasteiger partial charge on any atom is 0.338 e. The smallest absolute Gasteiger partial charge is 0.338 e. The highest BCUT2D eigenvalue weighted by molar-refractivity contribution is 9.10. The van der Waals surface area contributed by atoms with Gasteiger partial charge in [0.05, 0.1) is 48.2 Å². The first kappa shape index (κ1) is 25.7. The minimum Gasteiger partial charge on any atom is -0.497 e. The van der Waals surface area contributed by atoms with Crippen molar-refractivity contribution in [2.45, 2.75) is 19.9 Å². The van der Waals surface area contributed by atoms with Crippen molar-refractivity contribution >= 4 is 39.3 Å². The van der Waals surface area contributed by atoms with E-state index in [-0.39, 0.29) is 17.7 Å². The molecule has 1 aliphatic heterocycles. The SMILES string of the molecule is CCOC(=O)C1=C(C)N=c2s/c(=C/c3ccc(OC)c(Br)c3)c(=O)n2C1c1cc(OC)ccc1OC. The van der Waals surface area contributed by atoms with Crippen LogP contribution in [0.15, 0.2) is 61.9 Å². The second-order valence-electron chi connectivity index (χ2n) is 7.80. The summed E-state index contributed by atoms with van der Waals surface area (Å²) in [7, 11) is 4.68. The monoisotopic (exact) mass is 572 g/mol. The van der Waals surface area contributed by atoms with Crippen LogP contribution in [0.4, 0.5) is 0 Å². The highest BCUT2D eigenvalue weighted by atomic mass is 79.9. The average molecular weight is 573 g/mol. The third-order valence-corrected chi connectivity index (χ3v) is 7.32. The Morgan fingerprint density at radius 1 is 1.11 bits per heavy atom. The van der Waals surface area contributed by atoms with Crippen molar-refractivity contribution in [1.82, 2.24) is 4.57 Å². The number of thiazole rings is 1. The summed E-state index contributed by atoms with van der Waals surface area (Å²) in [5.74, 6) is 1.22. The van der Waals surface area contributed by atoms with Crippen LogP contribution in [0.2, 0.25) is 0 Å². The molecule has 10 heteroatoms. The van der Waals surface area contributed by atoms with Crippen LogP contribution in [0, 0.1) is 0 Å². The molecule has 3 aromatic rings. The van der Waals surface area contributed by atoms with Gasteiger partial charge in [-0.1, -0.05) is 17.4 Å². The Kier molecular flexibility index (Phi) is 7.65. The summed E-state index contributed by atoms with van der Waals surface area (Å²) in [6.07, 6.45) is 1.79. The molecule has 0 fully saturated rings. The van der Waals surface area contributed by atoms with Crippen LogP contribution >= 0.6 is 27.3 Å². The zero-order chi connectivity index (χ0) is 26.0. The van der Waals surface area contributed by atoms with Gasteiger partial charge in [0.15, 0.2) is 4.80 Å². The van der Waals surface area contributed by atoms with Gasteiger partial charge in [0.1, 0.15) is 23.3 Å². The van der Waals surface area contributed by atoms with Gasteiger partial charge in [0.2, 0.25) is 0 Å². The van der Waals surface area contributed by atoms with Gasteiger partial charge in [-0.2, -0.15) is 0 Å². The van der Waals surface area contributed by atoms with E-state index < -0.39 is 12.0 Å². The molecule has 1 atom stereocenters. The Morgan fingerprint density at radius 2 is 1.83 bits per heavy atom. The topological polar surface area (TPSA) is 88.4 Å². The van der Waals surface area contributed by atoms with Crippen LogP contribution in [0.25, 0.3) is 6.08 Å². The van der Waals surface area contributed by atoms with Gasteiger partial charge in [0.25, 0.3) is 5.56 Å². The molecule has 2 heterocycles. The lowest BCUT2D eigenvalue weighted by Gasteiger charge is -2.26. The number of carbonyl (C=O) groups is 1. The van der Waals surface area contributed by atoms with E-state index in [0.717, 1.165) is 10.0 Å². The predicted molar refractivity (Wildman–Crippen MR) is 141 cm³/mol. The maximum atomic E-state index is 13.8. The molecule has 0 aliphatic carbocycles. The molecule has 0 N–H and O–H groups in total. The normalized spacial score (nSPS) is 15.3. The Bertz CT molecular complexity index is 1540. The molecular formula is C26H25BrN2O6S. The Morgan fingerprint density at radius 3 is 2.47 bits per heavy atom. The lowest BCUT2D eigenvalue weighted by Crippen LogP contribution is -2.40. The van der Waals surface area contributed by atoms with Crippen LogP contribution in [0.1, 0.15) is 31.0 Å². The molecule has 0 saturated carbocycles. The lowest BCUT2D eigenvalue weighted by molar-refractivity contribution is -0.139. The molecule has 0 radical (unpaired) electrons. The van der Waals surface area contributed by atoms with E-state index in [1.807, 2.05) is 18.2 Å². The van der Waals surface area contributed by atoms with E-state index in [1.165, 1.54) is 23.0 Å². The summed E-state index contributed by atoms with van der Waals surface area (Å²) in [5, 5.41) is 0. The first-order valence-electron chi connectivity index (χ1n) is 11.1. The van der Waals surface area contributed by atoms with Gasteiger partial charge in [-0.05, 0) is 71.7 Å². The summed E-state index contributed by atoms with van der Waals surface area (Å²) in [4.78, 5) is 32.0. The van der Waals surface area contributed by atoms with Gasteiger partial charge in [-0.15, -0.1) is 0 Å². The predicted octanol–water partition coefficient (Wildman–Crippen LogP) is 3.59. The molecule has 1 aromatic heterocycles. The fourth-order valence-corrected chi connectivity index (χ4v) is 5.67. The molecule has 188 valence electrons. The number of methoxy groups -OCH3 is 3. The second kappa shape index (κ2) is 10.7. The molecular weight excluding hydrogens is 548 g/mol. The largest absolute Gasteiger partial charge is 0.497 e.